The lowest BCUT2D eigenvalue weighted by Gasteiger charge is -2.28. The normalized spacial score (nSPS) is 20.4. The maximum Gasteiger partial charge on any atom is 0.224 e. The number of hydrogen-bond donors (Lipinski definition) is 2. The van der Waals surface area contributed by atoms with E-state index in [2.05, 4.69) is 17.6 Å². The van der Waals surface area contributed by atoms with E-state index in [-0.39, 0.29) is 11.7 Å². The van der Waals surface area contributed by atoms with Gasteiger partial charge in [0.05, 0.1) is 0 Å². The number of piperidine rings is 1. The van der Waals surface area contributed by atoms with E-state index in [0.717, 1.165) is 18.7 Å². The third kappa shape index (κ3) is 4.04. The van der Waals surface area contributed by atoms with Crippen LogP contribution in [0.4, 0.5) is 10.1 Å². The Labute approximate surface area is 120 Å². The molecule has 1 amide bonds. The van der Waals surface area contributed by atoms with E-state index in [4.69, 9.17) is 0 Å². The van der Waals surface area contributed by atoms with Crippen LogP contribution < -0.4 is 10.6 Å². The van der Waals surface area contributed by atoms with Gasteiger partial charge in [-0.3, -0.25) is 4.79 Å². The zero-order valence-corrected chi connectivity index (χ0v) is 12.2. The van der Waals surface area contributed by atoms with Crippen LogP contribution in [0.3, 0.4) is 0 Å². The van der Waals surface area contributed by atoms with Crippen molar-refractivity contribution in [1.29, 1.82) is 0 Å². The number of anilines is 1. The maximum absolute atomic E-state index is 13.2. The van der Waals surface area contributed by atoms with Crippen LogP contribution in [-0.4, -0.2) is 19.0 Å². The van der Waals surface area contributed by atoms with Crippen molar-refractivity contribution in [3.05, 3.63) is 29.6 Å². The van der Waals surface area contributed by atoms with Crippen LogP contribution in [-0.2, 0) is 4.79 Å². The van der Waals surface area contributed by atoms with E-state index in [1.807, 2.05) is 6.92 Å². The molecule has 0 radical (unpaired) electrons. The molecule has 3 nitrogen and oxygen atoms in total. The fraction of sp³-hybridized carbons (Fsp3) is 0.562. The van der Waals surface area contributed by atoms with Gasteiger partial charge >= 0.3 is 0 Å². The molecule has 2 unspecified atom stereocenters. The van der Waals surface area contributed by atoms with Gasteiger partial charge in [0.25, 0.3) is 0 Å². The largest absolute Gasteiger partial charge is 0.326 e. The predicted octanol–water partition coefficient (Wildman–Crippen LogP) is 3.10. The first-order chi connectivity index (χ1) is 9.56. The molecule has 2 N–H and O–H groups in total. The number of benzene rings is 1. The van der Waals surface area contributed by atoms with Gasteiger partial charge in [-0.1, -0.05) is 13.0 Å². The minimum absolute atomic E-state index is 0.0308. The number of rotatable bonds is 4. The zero-order valence-electron chi connectivity index (χ0n) is 12.2. The average Bonchev–Trinajstić information content (AvgIpc) is 2.43. The Balaban J connectivity index is 1.89. The van der Waals surface area contributed by atoms with Crippen molar-refractivity contribution >= 4 is 11.6 Å². The Morgan fingerprint density at radius 3 is 3.05 bits per heavy atom. The number of halogens is 1. The van der Waals surface area contributed by atoms with Crippen molar-refractivity contribution in [2.45, 2.75) is 33.1 Å². The summed E-state index contributed by atoms with van der Waals surface area (Å²) in [5, 5.41) is 6.20. The van der Waals surface area contributed by atoms with Gasteiger partial charge in [-0.15, -0.1) is 0 Å². The summed E-state index contributed by atoms with van der Waals surface area (Å²) in [6, 6.07) is 4.46. The molecule has 1 aromatic rings. The van der Waals surface area contributed by atoms with Gasteiger partial charge < -0.3 is 10.6 Å². The molecule has 1 aromatic carbocycles. The second-order valence-electron chi connectivity index (χ2n) is 5.80. The molecule has 1 saturated heterocycles. The smallest absolute Gasteiger partial charge is 0.224 e. The molecule has 4 heteroatoms. The summed E-state index contributed by atoms with van der Waals surface area (Å²) in [5.74, 6) is 0.548. The summed E-state index contributed by atoms with van der Waals surface area (Å²) in [4.78, 5) is 12.1. The number of amides is 1. The van der Waals surface area contributed by atoms with Crippen LogP contribution in [0.25, 0.3) is 0 Å². The van der Waals surface area contributed by atoms with E-state index in [0.29, 0.717) is 23.9 Å². The fourth-order valence-corrected chi connectivity index (χ4v) is 2.75. The lowest BCUT2D eigenvalue weighted by atomic mass is 9.85. The monoisotopic (exact) mass is 278 g/mol. The fourth-order valence-electron chi connectivity index (χ4n) is 2.75. The third-order valence-electron chi connectivity index (χ3n) is 4.12. The lowest BCUT2D eigenvalue weighted by molar-refractivity contribution is -0.117. The molecule has 1 aliphatic rings. The average molecular weight is 278 g/mol. The molecule has 0 bridgehead atoms. The van der Waals surface area contributed by atoms with Gasteiger partial charge in [0.2, 0.25) is 5.91 Å². The van der Waals surface area contributed by atoms with Gasteiger partial charge in [0, 0.05) is 12.1 Å². The SMILES string of the molecule is Cc1ccc(F)cc1NC(=O)CC(C)C1CCCNC1. The predicted molar refractivity (Wildman–Crippen MR) is 79.1 cm³/mol. The minimum Gasteiger partial charge on any atom is -0.326 e. The van der Waals surface area contributed by atoms with Crippen LogP contribution >= 0.6 is 0 Å². The molecular formula is C16H23FN2O. The van der Waals surface area contributed by atoms with E-state index in [1.54, 1.807) is 6.07 Å². The van der Waals surface area contributed by atoms with E-state index >= 15 is 0 Å². The second-order valence-corrected chi connectivity index (χ2v) is 5.80. The van der Waals surface area contributed by atoms with Crippen molar-refractivity contribution in [3.8, 4) is 0 Å². The first-order valence-electron chi connectivity index (χ1n) is 7.33. The summed E-state index contributed by atoms with van der Waals surface area (Å²) in [6.45, 7) is 6.06. The summed E-state index contributed by atoms with van der Waals surface area (Å²) >= 11 is 0. The van der Waals surface area contributed by atoms with Crippen molar-refractivity contribution in [3.63, 3.8) is 0 Å². The quantitative estimate of drug-likeness (QED) is 0.888. The molecule has 20 heavy (non-hydrogen) atoms. The highest BCUT2D eigenvalue weighted by molar-refractivity contribution is 5.91. The Morgan fingerprint density at radius 2 is 2.35 bits per heavy atom. The number of hydrogen-bond acceptors (Lipinski definition) is 2. The van der Waals surface area contributed by atoms with Crippen LogP contribution in [0.5, 0.6) is 0 Å². The molecule has 110 valence electrons. The Hall–Kier alpha value is -1.42. The van der Waals surface area contributed by atoms with Crippen molar-refractivity contribution in [2.75, 3.05) is 18.4 Å². The Kier molecular flexibility index (Phi) is 5.12. The summed E-state index contributed by atoms with van der Waals surface area (Å²) < 4.78 is 13.2. The van der Waals surface area contributed by atoms with Crippen LogP contribution in [0.15, 0.2) is 18.2 Å². The summed E-state index contributed by atoms with van der Waals surface area (Å²) in [5.41, 5.74) is 1.45. The molecule has 0 aromatic heterocycles. The van der Waals surface area contributed by atoms with Gasteiger partial charge in [-0.25, -0.2) is 4.39 Å². The van der Waals surface area contributed by atoms with Crippen molar-refractivity contribution < 1.29 is 9.18 Å². The standard InChI is InChI=1S/C16H23FN2O/c1-11-5-6-14(17)9-15(11)19-16(20)8-12(2)13-4-3-7-18-10-13/h5-6,9,12-13,18H,3-4,7-8,10H2,1-2H3,(H,19,20). The Morgan fingerprint density at radius 1 is 1.55 bits per heavy atom. The second kappa shape index (κ2) is 6.84. The minimum atomic E-state index is -0.324. The van der Waals surface area contributed by atoms with Gasteiger partial charge in [-0.05, 0) is 62.4 Å². The molecule has 0 aliphatic carbocycles. The van der Waals surface area contributed by atoms with E-state index < -0.39 is 0 Å². The number of aryl methyl sites for hydroxylation is 1. The van der Waals surface area contributed by atoms with Crippen LogP contribution in [0.2, 0.25) is 0 Å². The maximum atomic E-state index is 13.2. The van der Waals surface area contributed by atoms with Crippen molar-refractivity contribution in [2.24, 2.45) is 11.8 Å². The molecule has 0 saturated carbocycles. The molecule has 2 atom stereocenters. The highest BCUT2D eigenvalue weighted by Crippen LogP contribution is 2.23. The van der Waals surface area contributed by atoms with E-state index in [9.17, 15) is 9.18 Å². The van der Waals surface area contributed by atoms with Gasteiger partial charge in [-0.2, -0.15) is 0 Å². The first-order valence-corrected chi connectivity index (χ1v) is 7.33. The summed E-state index contributed by atoms with van der Waals surface area (Å²) in [6.07, 6.45) is 2.85. The topological polar surface area (TPSA) is 41.1 Å². The highest BCUT2D eigenvalue weighted by atomic mass is 19.1. The van der Waals surface area contributed by atoms with E-state index in [1.165, 1.54) is 25.0 Å². The lowest BCUT2D eigenvalue weighted by Crippen LogP contribution is -2.34. The highest BCUT2D eigenvalue weighted by Gasteiger charge is 2.22. The first kappa shape index (κ1) is 15.0. The van der Waals surface area contributed by atoms with Gasteiger partial charge in [0.15, 0.2) is 0 Å². The van der Waals surface area contributed by atoms with Crippen LogP contribution in [0, 0.1) is 24.6 Å². The van der Waals surface area contributed by atoms with Crippen molar-refractivity contribution in [1.82, 2.24) is 5.32 Å². The van der Waals surface area contributed by atoms with Crippen LogP contribution in [0.1, 0.15) is 31.7 Å². The number of nitrogens with one attached hydrogen (secondary N) is 2. The molecule has 1 fully saturated rings. The summed E-state index contributed by atoms with van der Waals surface area (Å²) in [7, 11) is 0. The molecule has 1 aliphatic heterocycles. The number of carbonyl (C=O) groups excluding carboxylic acids is 1. The molecular weight excluding hydrogens is 255 g/mol. The Bertz CT molecular complexity index is 470. The zero-order chi connectivity index (χ0) is 14.5. The molecule has 2 rings (SSSR count). The molecule has 1 heterocycles. The number of carbonyl (C=O) groups is 1. The van der Waals surface area contributed by atoms with Gasteiger partial charge in [0.1, 0.15) is 5.82 Å². The third-order valence-corrected chi connectivity index (χ3v) is 4.12. The molecule has 0 spiro atoms.